The van der Waals surface area contributed by atoms with Gasteiger partial charge in [-0.15, -0.1) is 0 Å². The van der Waals surface area contributed by atoms with Crippen molar-refractivity contribution in [3.63, 3.8) is 0 Å². The van der Waals surface area contributed by atoms with Gasteiger partial charge in [0, 0.05) is 15.1 Å². The van der Waals surface area contributed by atoms with Crippen LogP contribution in [0.15, 0.2) is 54.6 Å². The fourth-order valence-corrected chi connectivity index (χ4v) is 8.97. The first kappa shape index (κ1) is 48.7. The van der Waals surface area contributed by atoms with E-state index in [9.17, 15) is 0 Å². The topological polar surface area (TPSA) is 0 Å². The van der Waals surface area contributed by atoms with Crippen molar-refractivity contribution in [3.05, 3.63) is 86.4 Å². The number of quaternary nitrogens is 1. The molecule has 0 spiro atoms. The van der Waals surface area contributed by atoms with Gasteiger partial charge < -0.3 is 4.48 Å². The van der Waals surface area contributed by atoms with Gasteiger partial charge in [0.05, 0.1) is 32.3 Å². The van der Waals surface area contributed by atoms with Crippen LogP contribution >= 0.6 is 34.8 Å². The summed E-state index contributed by atoms with van der Waals surface area (Å²) in [6, 6.07) is 19.8. The van der Waals surface area contributed by atoms with E-state index in [2.05, 4.69) is 110 Å². The Morgan fingerprint density at radius 1 is 0.389 bits per heavy atom. The Bertz CT molecular complexity index is 1290. The second-order valence-corrected chi connectivity index (χ2v) is 17.9. The highest BCUT2D eigenvalue weighted by Gasteiger charge is 2.31. The third-order valence-electron chi connectivity index (χ3n) is 12.2. The molecule has 3 rings (SSSR count). The van der Waals surface area contributed by atoms with Gasteiger partial charge in [-0.3, -0.25) is 0 Å². The van der Waals surface area contributed by atoms with E-state index >= 15 is 0 Å². The minimum atomic E-state index is -1.30. The maximum Gasteiger partial charge on any atom is 0.0816 e. The van der Waals surface area contributed by atoms with Crippen LogP contribution in [0.2, 0.25) is 21.4 Å². The molecule has 0 aliphatic heterocycles. The van der Waals surface area contributed by atoms with Crippen LogP contribution in [0.1, 0.15) is 167 Å². The third kappa shape index (κ3) is 15.8. The lowest BCUT2D eigenvalue weighted by molar-refractivity contribution is -0.929. The monoisotopic (exact) mass is 798 g/mol. The molecule has 0 saturated heterocycles. The van der Waals surface area contributed by atoms with Crippen molar-refractivity contribution < 1.29 is 4.48 Å². The van der Waals surface area contributed by atoms with Crippen molar-refractivity contribution in [3.8, 4) is 0 Å². The van der Waals surface area contributed by atoms with Crippen molar-refractivity contribution in [2.45, 2.75) is 177 Å². The SMILES string of the molecule is CCCCCCCCCCCC[B-](c1ccc(C)c(Cl)c1)(c1ccc(C)c(Cl)c1)c1ccc(C)c(Cl)c1.CCCC[N+](CCCC)(CCCC)CCCC. The summed E-state index contributed by atoms with van der Waals surface area (Å²) in [6.07, 6.45) is 24.0. The van der Waals surface area contributed by atoms with E-state index in [-0.39, 0.29) is 0 Å². The molecule has 0 N–H and O–H groups in total. The summed E-state index contributed by atoms with van der Waals surface area (Å²) >= 11 is 20.2. The van der Waals surface area contributed by atoms with Crippen LogP contribution in [0.3, 0.4) is 0 Å². The zero-order valence-electron chi connectivity index (χ0n) is 36.1. The van der Waals surface area contributed by atoms with Gasteiger partial charge in [0.1, 0.15) is 0 Å². The normalized spacial score (nSPS) is 11.8. The summed E-state index contributed by atoms with van der Waals surface area (Å²) in [5.41, 5.74) is 7.05. The lowest BCUT2D eigenvalue weighted by Gasteiger charge is -2.44. The van der Waals surface area contributed by atoms with Crippen LogP contribution < -0.4 is 16.4 Å². The molecule has 0 aliphatic rings. The second kappa shape index (κ2) is 27.2. The van der Waals surface area contributed by atoms with E-state index < -0.39 is 6.15 Å². The van der Waals surface area contributed by atoms with Gasteiger partial charge in [-0.05, 0) is 63.1 Å². The molecule has 0 radical (unpaired) electrons. The average molecular weight is 799 g/mol. The van der Waals surface area contributed by atoms with Crippen LogP contribution in [0.4, 0.5) is 0 Å². The molecule has 3 aromatic rings. The number of hydrogen-bond donors (Lipinski definition) is 0. The fraction of sp³-hybridized carbons (Fsp3) is 0.633. The zero-order valence-corrected chi connectivity index (χ0v) is 38.4. The van der Waals surface area contributed by atoms with Crippen molar-refractivity contribution >= 4 is 57.3 Å². The molecule has 0 heterocycles. The highest BCUT2D eigenvalue weighted by molar-refractivity contribution is 7.11. The van der Waals surface area contributed by atoms with Gasteiger partial charge >= 0.3 is 0 Å². The highest BCUT2D eigenvalue weighted by Crippen LogP contribution is 2.25. The summed E-state index contributed by atoms with van der Waals surface area (Å²) in [5, 5.41) is 2.43. The van der Waals surface area contributed by atoms with Crippen LogP contribution in [0, 0.1) is 20.8 Å². The summed E-state index contributed by atoms with van der Waals surface area (Å²) in [4.78, 5) is 0. The third-order valence-corrected chi connectivity index (χ3v) is 13.5. The van der Waals surface area contributed by atoms with Crippen LogP contribution in [-0.2, 0) is 0 Å². The maximum atomic E-state index is 6.73. The van der Waals surface area contributed by atoms with E-state index in [1.165, 1.54) is 156 Å². The molecule has 0 bridgehead atoms. The molecule has 5 heteroatoms. The zero-order chi connectivity index (χ0) is 39.8. The number of halogens is 3. The Hall–Kier alpha value is -1.45. The van der Waals surface area contributed by atoms with Crippen molar-refractivity contribution in [2.24, 2.45) is 0 Å². The highest BCUT2D eigenvalue weighted by atomic mass is 35.5. The summed E-state index contributed by atoms with van der Waals surface area (Å²) < 4.78 is 1.42. The molecule has 0 atom stereocenters. The van der Waals surface area contributed by atoms with Crippen molar-refractivity contribution in [2.75, 3.05) is 26.2 Å². The molecule has 304 valence electrons. The summed E-state index contributed by atoms with van der Waals surface area (Å²) in [7, 11) is 0. The van der Waals surface area contributed by atoms with Gasteiger partial charge in [0.15, 0.2) is 0 Å². The predicted octanol–water partition coefficient (Wildman–Crippen LogP) is 15.0. The number of aryl methyl sites for hydroxylation is 3. The van der Waals surface area contributed by atoms with Crippen LogP contribution in [0.5, 0.6) is 0 Å². The van der Waals surface area contributed by atoms with Gasteiger partial charge in [-0.2, -0.15) is 22.7 Å². The van der Waals surface area contributed by atoms with Gasteiger partial charge in [0.25, 0.3) is 0 Å². The quantitative estimate of drug-likeness (QED) is 0.0431. The molecule has 0 unspecified atom stereocenters. The minimum Gasteiger partial charge on any atom is -0.324 e. The maximum absolute atomic E-state index is 6.73. The lowest BCUT2D eigenvalue weighted by Crippen LogP contribution is -2.67. The predicted molar refractivity (Wildman–Crippen MR) is 249 cm³/mol. The van der Waals surface area contributed by atoms with Crippen LogP contribution in [0.25, 0.3) is 0 Å². The number of unbranched alkanes of at least 4 members (excludes halogenated alkanes) is 13. The number of rotatable bonds is 26. The lowest BCUT2D eigenvalue weighted by atomic mass is 9.14. The Morgan fingerprint density at radius 2 is 0.667 bits per heavy atom. The molecule has 1 nitrogen and oxygen atoms in total. The van der Waals surface area contributed by atoms with Crippen molar-refractivity contribution in [1.29, 1.82) is 0 Å². The van der Waals surface area contributed by atoms with Crippen molar-refractivity contribution in [1.82, 2.24) is 0 Å². The number of benzene rings is 3. The number of nitrogens with zero attached hydrogens (tertiary/aromatic N) is 1. The largest absolute Gasteiger partial charge is 0.324 e. The summed E-state index contributed by atoms with van der Waals surface area (Å²) in [6.45, 7) is 23.5. The first-order chi connectivity index (χ1) is 26.0. The molecular formula is C49H79BCl3N. The Kier molecular flexibility index (Phi) is 24.6. The second-order valence-electron chi connectivity index (χ2n) is 16.7. The standard InChI is InChI=1S/C33H43BCl3.C16H36N/c1-5-6-7-8-9-10-11-12-13-14-21-34(28-18-15-25(2)31(35)22-28,29-19-16-26(3)32(36)23-29)30-20-17-27(4)33(37)24-30;1-5-9-13-17(14-10-6-2,15-11-7-3)16-12-8-4/h15-20,22-24H,5-14,21H2,1-4H3;5-16H2,1-4H3/q-1;+1. The first-order valence-electron chi connectivity index (χ1n) is 22.4. The molecule has 0 amide bonds. The smallest absolute Gasteiger partial charge is 0.0816 e. The van der Waals surface area contributed by atoms with E-state index in [0.29, 0.717) is 0 Å². The number of hydrogen-bond acceptors (Lipinski definition) is 0. The van der Waals surface area contributed by atoms with E-state index in [0.717, 1.165) is 44.5 Å². The summed E-state index contributed by atoms with van der Waals surface area (Å²) in [5.74, 6) is 0. The Morgan fingerprint density at radius 3 is 0.944 bits per heavy atom. The minimum absolute atomic E-state index is 0.809. The molecule has 0 aliphatic carbocycles. The van der Waals surface area contributed by atoms with E-state index in [4.69, 9.17) is 34.8 Å². The fourth-order valence-electron chi connectivity index (χ4n) is 8.41. The van der Waals surface area contributed by atoms with Gasteiger partial charge in [-0.25, -0.2) is 0 Å². The molecule has 0 fully saturated rings. The molecule has 54 heavy (non-hydrogen) atoms. The molecule has 3 aromatic carbocycles. The Balaban J connectivity index is 0.000000500. The average Bonchev–Trinajstić information content (AvgIpc) is 3.17. The van der Waals surface area contributed by atoms with Crippen LogP contribution in [-0.4, -0.2) is 36.8 Å². The van der Waals surface area contributed by atoms with E-state index in [1.54, 1.807) is 0 Å². The van der Waals surface area contributed by atoms with Gasteiger partial charge in [0.2, 0.25) is 0 Å². The first-order valence-corrected chi connectivity index (χ1v) is 23.5. The van der Waals surface area contributed by atoms with E-state index in [1.807, 2.05) is 0 Å². The molecular weight excluding hydrogens is 720 g/mol. The molecule has 0 aromatic heterocycles. The van der Waals surface area contributed by atoms with Gasteiger partial charge in [-0.1, -0.05) is 214 Å². The Labute approximate surface area is 349 Å². The molecule has 0 saturated carbocycles.